The van der Waals surface area contributed by atoms with Crippen LogP contribution >= 0.6 is 0 Å². The van der Waals surface area contributed by atoms with E-state index < -0.39 is 12.0 Å². The summed E-state index contributed by atoms with van der Waals surface area (Å²) in [7, 11) is 1.63. The van der Waals surface area contributed by atoms with Crippen molar-refractivity contribution >= 4 is 17.9 Å². The number of nitrogens with one attached hydrogen (secondary N) is 10. The molecule has 0 aromatic heterocycles. The molecule has 0 aliphatic heterocycles. The first-order chi connectivity index (χ1) is 23.5. The van der Waals surface area contributed by atoms with Crippen molar-refractivity contribution < 1.29 is 38.1 Å². The van der Waals surface area contributed by atoms with E-state index in [0.717, 1.165) is 47.2 Å². The van der Waals surface area contributed by atoms with E-state index in [1.165, 1.54) is 0 Å². The van der Waals surface area contributed by atoms with Crippen molar-refractivity contribution in [3.63, 3.8) is 0 Å². The summed E-state index contributed by atoms with van der Waals surface area (Å²) in [5, 5.41) is 21.7. The maximum Gasteiger partial charge on any atom is 0.251 e. The number of carbonyl (C=O) groups excluding carboxylic acids is 2. The van der Waals surface area contributed by atoms with E-state index >= 15 is 0 Å². The smallest absolute Gasteiger partial charge is 0.251 e. The Kier molecular flexibility index (Phi) is 18.0. The van der Waals surface area contributed by atoms with Crippen LogP contribution in [-0.2, 0) is 18.9 Å². The van der Waals surface area contributed by atoms with Gasteiger partial charge in [0.05, 0.1) is 13.2 Å². The highest BCUT2D eigenvalue weighted by atomic mass is 19.2. The van der Waals surface area contributed by atoms with Crippen LogP contribution in [0.2, 0.25) is 0 Å². The van der Waals surface area contributed by atoms with Gasteiger partial charge < -0.3 is 34.7 Å². The van der Waals surface area contributed by atoms with E-state index in [1.54, 1.807) is 31.4 Å². The van der Waals surface area contributed by atoms with Gasteiger partial charge >= 0.3 is 0 Å². The molecule has 266 valence electrons. The van der Waals surface area contributed by atoms with Gasteiger partial charge in [0.15, 0.2) is 6.08 Å². The second-order valence-electron chi connectivity index (χ2n) is 10.2. The number of hydrogen-bond acceptors (Lipinski definition) is 16. The van der Waals surface area contributed by atoms with Crippen molar-refractivity contribution in [3.8, 4) is 11.1 Å². The number of hydrogen-bond donors (Lipinski definition) is 10. The van der Waals surface area contributed by atoms with Gasteiger partial charge in [-0.05, 0) is 59.4 Å². The Morgan fingerprint density at radius 2 is 1.35 bits per heavy atom. The number of benzene rings is 2. The minimum absolute atomic E-state index is 0.125. The van der Waals surface area contributed by atoms with E-state index in [9.17, 15) is 19.2 Å². The molecule has 0 saturated heterocycles. The average Bonchev–Trinajstić information content (AvgIpc) is 3.41. The fourth-order valence-electron chi connectivity index (χ4n) is 4.69. The van der Waals surface area contributed by atoms with Crippen LogP contribution in [-0.4, -0.2) is 77.7 Å². The Labute approximate surface area is 278 Å². The molecule has 10 N–H and O–H groups in total. The number of fused-ring (bicyclic) bond motifs is 3. The Bertz CT molecular complexity index is 1310. The van der Waals surface area contributed by atoms with Gasteiger partial charge in [-0.3, -0.25) is 9.59 Å². The molecular formula is C29H45FN11O7-. The molecule has 3 rings (SSSR count). The maximum absolute atomic E-state index is 13.0. The molecular weight excluding hydrogens is 633 g/mol. The average molecular weight is 679 g/mol. The molecule has 0 spiro atoms. The number of ether oxygens (including phenoxy) is 4. The summed E-state index contributed by atoms with van der Waals surface area (Å²) in [4.78, 5) is 26.0. The fourth-order valence-corrected chi connectivity index (χ4v) is 4.69. The molecule has 0 bridgehead atoms. The lowest BCUT2D eigenvalue weighted by atomic mass is 9.95. The lowest BCUT2D eigenvalue weighted by Gasteiger charge is -2.21. The Hall–Kier alpha value is -4.02. The highest BCUT2D eigenvalue weighted by molar-refractivity contribution is 5.98. The number of unbranched alkanes of at least 4 members (excludes halogenated alkanes) is 1. The number of methoxy groups -OCH3 is 1. The number of amides is 2. The summed E-state index contributed by atoms with van der Waals surface area (Å²) in [5.74, 6) is -1.03. The second-order valence-corrected chi connectivity index (χ2v) is 10.2. The Morgan fingerprint density at radius 1 is 0.792 bits per heavy atom. The van der Waals surface area contributed by atoms with Crippen LogP contribution in [0.25, 0.3) is 11.1 Å². The van der Waals surface area contributed by atoms with Gasteiger partial charge in [-0.15, -0.1) is 15.1 Å². The van der Waals surface area contributed by atoms with E-state index in [1.807, 2.05) is 17.7 Å². The molecule has 18 nitrogen and oxygen atoms in total. The van der Waals surface area contributed by atoms with Crippen LogP contribution < -0.4 is 60.1 Å². The molecule has 1 atom stereocenters. The molecule has 0 saturated carbocycles. The topological polar surface area (TPSA) is 227 Å². The third kappa shape index (κ3) is 12.9. The molecule has 2 aromatic carbocycles. The van der Waals surface area contributed by atoms with Gasteiger partial charge in [-0.1, -0.05) is 31.1 Å². The highest BCUT2D eigenvalue weighted by Gasteiger charge is 2.30. The number of carbonyl (C=O) groups is 2. The largest absolute Gasteiger partial charge is 0.598 e. The van der Waals surface area contributed by atoms with Crippen LogP contribution in [0.1, 0.15) is 63.9 Å². The first-order valence-electron chi connectivity index (χ1n) is 15.5. The third-order valence-corrected chi connectivity index (χ3v) is 6.95. The summed E-state index contributed by atoms with van der Waals surface area (Å²) in [5.41, 5.74) is 20.7. The summed E-state index contributed by atoms with van der Waals surface area (Å²) < 4.78 is 33.2. The summed E-state index contributed by atoms with van der Waals surface area (Å²) in [6, 6.07) is 10.7. The summed E-state index contributed by atoms with van der Waals surface area (Å²) in [6.07, 6.45) is 1.81. The number of nitrogens with zero attached hydrogens (tertiary/aromatic N) is 1. The summed E-state index contributed by atoms with van der Waals surface area (Å²) >= 11 is 0. The van der Waals surface area contributed by atoms with E-state index in [0.29, 0.717) is 57.3 Å². The lowest BCUT2D eigenvalue weighted by Crippen LogP contribution is -2.61. The van der Waals surface area contributed by atoms with Crippen molar-refractivity contribution in [2.24, 2.45) is 5.10 Å². The monoisotopic (exact) mass is 678 g/mol. The van der Waals surface area contributed by atoms with Gasteiger partial charge in [-0.2, -0.15) is 27.7 Å². The predicted octanol–water partition coefficient (Wildman–Crippen LogP) is -1.22. The molecule has 48 heavy (non-hydrogen) atoms. The zero-order valence-corrected chi connectivity index (χ0v) is 27.0. The van der Waals surface area contributed by atoms with Crippen LogP contribution in [0, 0.1) is 0 Å². The maximum atomic E-state index is 13.0. The number of hydrazone groups is 1. The number of rotatable bonds is 25. The van der Waals surface area contributed by atoms with Gasteiger partial charge in [0, 0.05) is 63.7 Å². The van der Waals surface area contributed by atoms with Crippen molar-refractivity contribution in [2.45, 2.75) is 32.1 Å². The normalized spacial score (nSPS) is 13.6. The zero-order valence-electron chi connectivity index (χ0n) is 27.0. The van der Waals surface area contributed by atoms with Crippen LogP contribution in [0.15, 0.2) is 41.5 Å². The zero-order chi connectivity index (χ0) is 34.4. The second kappa shape index (κ2) is 22.5. The van der Waals surface area contributed by atoms with E-state index in [4.69, 9.17) is 18.9 Å². The summed E-state index contributed by atoms with van der Waals surface area (Å²) in [6.45, 7) is 5.20. The Morgan fingerprint density at radius 3 is 1.92 bits per heavy atom. The van der Waals surface area contributed by atoms with E-state index in [2.05, 4.69) is 55.9 Å². The molecule has 1 aliphatic rings. The van der Waals surface area contributed by atoms with Gasteiger partial charge in [-0.25, -0.2) is 5.53 Å². The molecule has 1 aliphatic carbocycles. The SMILES string of the molecule is CCCCOCCNC(=O)c1ccc2c(c1)C(COC([O-])=NNNNNNNNNF)c1cc(C(=O)NCCOCCCOC)ccc1-2. The van der Waals surface area contributed by atoms with Gasteiger partial charge in [0.2, 0.25) is 0 Å². The standard InChI is InChI=1S/C29H46FN11O7/c1-3-4-13-46-15-10-31-27(42)20-6-8-22-23-9-7-21(28(43)32-11-16-47-14-5-12-45-2)18-25(23)26(24(22)17-20)19-48-29(44)33-35-37-39-41-40-38-36-34-30/h6-9,17-18,26,34-41H,3-5,10-16,19H2,1-2H3,(H,31,42)(H,32,43)(H,33,44)/p-1. The molecule has 2 amide bonds. The van der Waals surface area contributed by atoms with Crippen LogP contribution in [0.3, 0.4) is 0 Å². The van der Waals surface area contributed by atoms with Crippen molar-refractivity contribution in [1.82, 2.24) is 55.0 Å². The lowest BCUT2D eigenvalue weighted by molar-refractivity contribution is -0.251. The molecule has 19 heteroatoms. The molecule has 1 unspecified atom stereocenters. The molecule has 0 fully saturated rings. The minimum Gasteiger partial charge on any atom is -0.598 e. The van der Waals surface area contributed by atoms with Crippen molar-refractivity contribution in [2.75, 3.05) is 59.8 Å². The first-order valence-corrected chi connectivity index (χ1v) is 15.5. The Balaban J connectivity index is 1.68. The third-order valence-electron chi connectivity index (χ3n) is 6.95. The van der Waals surface area contributed by atoms with Gasteiger partial charge in [0.1, 0.15) is 0 Å². The number of hydrazine groups is 7. The number of halogens is 1. The van der Waals surface area contributed by atoms with Crippen molar-refractivity contribution in [3.05, 3.63) is 58.7 Å². The highest BCUT2D eigenvalue weighted by Crippen LogP contribution is 2.45. The van der Waals surface area contributed by atoms with Crippen LogP contribution in [0.5, 0.6) is 0 Å². The molecule has 0 heterocycles. The van der Waals surface area contributed by atoms with Gasteiger partial charge in [0.25, 0.3) is 11.8 Å². The predicted molar refractivity (Wildman–Crippen MR) is 171 cm³/mol. The van der Waals surface area contributed by atoms with Crippen LogP contribution in [0.4, 0.5) is 4.48 Å². The minimum atomic E-state index is -0.940. The fraction of sp³-hybridized carbons (Fsp3) is 0.483. The molecule has 2 aromatic rings. The quantitative estimate of drug-likeness (QED) is 0.0195. The van der Waals surface area contributed by atoms with Crippen molar-refractivity contribution in [1.29, 1.82) is 0 Å². The molecule has 0 radical (unpaired) electrons. The van der Waals surface area contributed by atoms with E-state index in [-0.39, 0.29) is 18.4 Å². The first kappa shape index (κ1) is 38.4.